The molecule has 8 nitrogen and oxygen atoms in total. The summed E-state index contributed by atoms with van der Waals surface area (Å²) in [6.45, 7) is 8.06. The summed E-state index contributed by atoms with van der Waals surface area (Å²) in [5.41, 5.74) is 2.79. The number of nitrogens with zero attached hydrogens (tertiary/aromatic N) is 2. The number of ether oxygens (including phenoxy) is 2. The second-order valence-corrected chi connectivity index (χ2v) is 11.5. The fourth-order valence-corrected chi connectivity index (χ4v) is 5.39. The average molecular weight is 528 g/mol. The Balaban J connectivity index is 1.38. The van der Waals surface area contributed by atoms with Gasteiger partial charge in [-0.1, -0.05) is 50.2 Å². The molecule has 0 saturated carbocycles. The van der Waals surface area contributed by atoms with Gasteiger partial charge in [0.05, 0.1) is 13.7 Å². The van der Waals surface area contributed by atoms with E-state index in [1.54, 1.807) is 12.1 Å². The summed E-state index contributed by atoms with van der Waals surface area (Å²) < 4.78 is 41.2. The van der Waals surface area contributed by atoms with Crippen LogP contribution in [0, 0.1) is 5.92 Å². The molecule has 1 fully saturated rings. The van der Waals surface area contributed by atoms with Crippen LogP contribution in [0.3, 0.4) is 0 Å². The van der Waals surface area contributed by atoms with Gasteiger partial charge in [-0.25, -0.2) is 18.5 Å². The SMILES string of the molecule is COc1ccc(CCN2CCC(c3nc(COCC(C)C)c(-c4ccccc4)o3)CC2)cc1S(N)(=O)=O. The van der Waals surface area contributed by atoms with Crippen molar-refractivity contribution in [3.63, 3.8) is 0 Å². The summed E-state index contributed by atoms with van der Waals surface area (Å²) in [7, 11) is -2.41. The molecule has 2 aromatic carbocycles. The van der Waals surface area contributed by atoms with Crippen molar-refractivity contribution in [3.8, 4) is 17.1 Å². The van der Waals surface area contributed by atoms with Crippen LogP contribution in [-0.2, 0) is 27.8 Å². The molecule has 0 spiro atoms. The van der Waals surface area contributed by atoms with Gasteiger partial charge >= 0.3 is 0 Å². The van der Waals surface area contributed by atoms with E-state index in [0.717, 1.165) is 67.4 Å². The molecule has 1 aliphatic heterocycles. The topological polar surface area (TPSA) is 108 Å². The van der Waals surface area contributed by atoms with Crippen LogP contribution in [-0.4, -0.2) is 51.7 Å². The van der Waals surface area contributed by atoms with E-state index in [-0.39, 0.29) is 16.6 Å². The van der Waals surface area contributed by atoms with E-state index >= 15 is 0 Å². The molecule has 0 radical (unpaired) electrons. The van der Waals surface area contributed by atoms with Gasteiger partial charge in [0.1, 0.15) is 16.3 Å². The lowest BCUT2D eigenvalue weighted by atomic mass is 9.96. The number of aromatic nitrogens is 1. The fourth-order valence-electron chi connectivity index (χ4n) is 4.64. The monoisotopic (exact) mass is 527 g/mol. The Morgan fingerprint density at radius 2 is 1.86 bits per heavy atom. The van der Waals surface area contributed by atoms with Crippen LogP contribution < -0.4 is 9.88 Å². The van der Waals surface area contributed by atoms with Crippen molar-refractivity contribution in [2.45, 2.75) is 50.5 Å². The Labute approximate surface area is 219 Å². The summed E-state index contributed by atoms with van der Waals surface area (Å²) >= 11 is 0. The average Bonchev–Trinajstić information content (AvgIpc) is 3.31. The van der Waals surface area contributed by atoms with E-state index in [0.29, 0.717) is 19.1 Å². The number of hydrogen-bond acceptors (Lipinski definition) is 7. The van der Waals surface area contributed by atoms with Crippen LogP contribution in [0.2, 0.25) is 0 Å². The first kappa shape index (κ1) is 27.3. The second-order valence-electron chi connectivity index (χ2n) is 10.00. The molecule has 0 amide bonds. The van der Waals surface area contributed by atoms with Crippen molar-refractivity contribution >= 4 is 10.0 Å². The smallest absolute Gasteiger partial charge is 0.241 e. The Morgan fingerprint density at radius 1 is 1.14 bits per heavy atom. The summed E-state index contributed by atoms with van der Waals surface area (Å²) in [5.74, 6) is 2.57. The standard InChI is InChI=1S/C28H37N3O5S/c1-20(2)18-35-19-24-27(22-7-5-4-6-8-22)36-28(30-24)23-12-15-31(16-13-23)14-11-21-9-10-25(34-3)26(17-21)37(29,32)33/h4-10,17,20,23H,11-16,18-19H2,1-3H3,(H2,29,32,33). The molecule has 1 aromatic heterocycles. The Bertz CT molecular complexity index is 1270. The number of nitrogens with two attached hydrogens (primary N) is 1. The minimum absolute atomic E-state index is 0.0255. The zero-order chi connectivity index (χ0) is 26.4. The van der Waals surface area contributed by atoms with E-state index < -0.39 is 10.0 Å². The van der Waals surface area contributed by atoms with Crippen molar-refractivity contribution in [2.24, 2.45) is 11.1 Å². The van der Waals surface area contributed by atoms with Crippen LogP contribution in [0.1, 0.15) is 49.8 Å². The molecule has 200 valence electrons. The maximum absolute atomic E-state index is 11.9. The lowest BCUT2D eigenvalue weighted by Gasteiger charge is -2.30. The third-order valence-electron chi connectivity index (χ3n) is 6.63. The van der Waals surface area contributed by atoms with Crippen LogP contribution in [0.15, 0.2) is 57.8 Å². The number of benzene rings is 2. The lowest BCUT2D eigenvalue weighted by Crippen LogP contribution is -2.34. The number of methoxy groups -OCH3 is 1. The van der Waals surface area contributed by atoms with Gasteiger partial charge in [-0.3, -0.25) is 0 Å². The predicted octanol–water partition coefficient (Wildman–Crippen LogP) is 4.59. The van der Waals surface area contributed by atoms with Gasteiger partial charge in [-0.05, 0) is 56.0 Å². The molecule has 0 aliphatic carbocycles. The molecule has 4 rings (SSSR count). The summed E-state index contributed by atoms with van der Waals surface area (Å²) in [4.78, 5) is 7.30. The Kier molecular flexibility index (Phi) is 9.02. The predicted molar refractivity (Wildman–Crippen MR) is 143 cm³/mol. The van der Waals surface area contributed by atoms with Crippen LogP contribution >= 0.6 is 0 Å². The van der Waals surface area contributed by atoms with Gasteiger partial charge in [0.2, 0.25) is 10.0 Å². The molecule has 2 heterocycles. The third-order valence-corrected chi connectivity index (χ3v) is 7.56. The number of oxazole rings is 1. The van der Waals surface area contributed by atoms with E-state index in [1.807, 2.05) is 36.4 Å². The number of piperidine rings is 1. The molecule has 0 unspecified atom stereocenters. The highest BCUT2D eigenvalue weighted by molar-refractivity contribution is 7.89. The van der Waals surface area contributed by atoms with Crippen molar-refractivity contribution in [2.75, 3.05) is 33.4 Å². The largest absolute Gasteiger partial charge is 0.495 e. The molecule has 1 aliphatic rings. The van der Waals surface area contributed by atoms with Crippen molar-refractivity contribution in [1.29, 1.82) is 0 Å². The maximum Gasteiger partial charge on any atom is 0.241 e. The van der Waals surface area contributed by atoms with Crippen molar-refractivity contribution < 1.29 is 22.3 Å². The third kappa shape index (κ3) is 7.19. The first-order valence-corrected chi connectivity index (χ1v) is 14.3. The molecule has 3 aromatic rings. The quantitative estimate of drug-likeness (QED) is 0.388. The lowest BCUT2D eigenvalue weighted by molar-refractivity contribution is 0.0950. The van der Waals surface area contributed by atoms with Crippen LogP contribution in [0.4, 0.5) is 0 Å². The van der Waals surface area contributed by atoms with Gasteiger partial charge in [-0.2, -0.15) is 0 Å². The zero-order valence-electron chi connectivity index (χ0n) is 21.9. The Morgan fingerprint density at radius 3 is 2.51 bits per heavy atom. The van der Waals surface area contributed by atoms with Gasteiger partial charge < -0.3 is 18.8 Å². The van der Waals surface area contributed by atoms with E-state index in [2.05, 4.69) is 18.7 Å². The van der Waals surface area contributed by atoms with Gasteiger partial charge in [-0.15, -0.1) is 0 Å². The van der Waals surface area contributed by atoms with Gasteiger partial charge in [0.25, 0.3) is 0 Å². The second kappa shape index (κ2) is 12.2. The highest BCUT2D eigenvalue weighted by Crippen LogP contribution is 2.33. The summed E-state index contributed by atoms with van der Waals surface area (Å²) in [6.07, 6.45) is 2.63. The normalized spacial score (nSPS) is 15.4. The highest BCUT2D eigenvalue weighted by atomic mass is 32.2. The molecule has 37 heavy (non-hydrogen) atoms. The summed E-state index contributed by atoms with van der Waals surface area (Å²) in [5, 5.41) is 5.36. The summed E-state index contributed by atoms with van der Waals surface area (Å²) in [6, 6.07) is 15.2. The van der Waals surface area contributed by atoms with Gasteiger partial charge in [0, 0.05) is 24.6 Å². The van der Waals surface area contributed by atoms with E-state index in [9.17, 15) is 8.42 Å². The molecular weight excluding hydrogens is 490 g/mol. The maximum atomic E-state index is 11.9. The Hall–Kier alpha value is -2.72. The van der Waals surface area contributed by atoms with Crippen molar-refractivity contribution in [3.05, 3.63) is 65.7 Å². The minimum atomic E-state index is -3.85. The number of hydrogen-bond donors (Lipinski definition) is 1. The molecule has 0 atom stereocenters. The number of likely N-dealkylation sites (tertiary alicyclic amines) is 1. The molecule has 0 bridgehead atoms. The number of sulfonamides is 1. The number of rotatable bonds is 11. The molecule has 2 N–H and O–H groups in total. The highest BCUT2D eigenvalue weighted by Gasteiger charge is 2.27. The molecular formula is C28H37N3O5S. The first-order valence-electron chi connectivity index (χ1n) is 12.8. The van der Waals surface area contributed by atoms with Gasteiger partial charge in [0.15, 0.2) is 11.7 Å². The molecule has 1 saturated heterocycles. The van der Waals surface area contributed by atoms with Crippen LogP contribution in [0.25, 0.3) is 11.3 Å². The first-order chi connectivity index (χ1) is 17.7. The van der Waals surface area contributed by atoms with E-state index in [4.69, 9.17) is 24.0 Å². The van der Waals surface area contributed by atoms with Crippen molar-refractivity contribution in [1.82, 2.24) is 9.88 Å². The van der Waals surface area contributed by atoms with E-state index in [1.165, 1.54) is 7.11 Å². The van der Waals surface area contributed by atoms with Crippen LogP contribution in [0.5, 0.6) is 5.75 Å². The fraction of sp³-hybridized carbons (Fsp3) is 0.464. The molecule has 9 heteroatoms. The number of primary sulfonamides is 1. The zero-order valence-corrected chi connectivity index (χ0v) is 22.7. The minimum Gasteiger partial charge on any atom is -0.495 e.